The van der Waals surface area contributed by atoms with Crippen molar-refractivity contribution in [3.05, 3.63) is 34.9 Å². The largest absolute Gasteiger partial charge is 0.310 e. The van der Waals surface area contributed by atoms with E-state index in [-0.39, 0.29) is 0 Å². The van der Waals surface area contributed by atoms with E-state index in [0.29, 0.717) is 6.04 Å². The Morgan fingerprint density at radius 3 is 2.53 bits per heavy atom. The summed E-state index contributed by atoms with van der Waals surface area (Å²) in [6.45, 7) is 7.90. The molecule has 0 aliphatic heterocycles. The molecule has 2 unspecified atom stereocenters. The van der Waals surface area contributed by atoms with Crippen LogP contribution in [0.4, 0.5) is 0 Å². The third-order valence-corrected chi connectivity index (χ3v) is 4.09. The summed E-state index contributed by atoms with van der Waals surface area (Å²) in [6, 6.07) is 8.65. The number of hydrogen-bond donors (Lipinski definition) is 1. The van der Waals surface area contributed by atoms with Crippen LogP contribution in [-0.2, 0) is 0 Å². The monoisotopic (exact) mass is 281 g/mol. The first-order valence-corrected chi connectivity index (χ1v) is 8.07. The van der Waals surface area contributed by atoms with Gasteiger partial charge in [-0.1, -0.05) is 63.8 Å². The first-order valence-electron chi connectivity index (χ1n) is 7.70. The van der Waals surface area contributed by atoms with Crippen LogP contribution in [0.1, 0.15) is 64.5 Å². The summed E-state index contributed by atoms with van der Waals surface area (Å²) in [4.78, 5) is 0. The lowest BCUT2D eigenvalue weighted by atomic mass is 9.97. The second-order valence-corrected chi connectivity index (χ2v) is 5.78. The molecule has 0 saturated carbocycles. The Morgan fingerprint density at radius 2 is 1.95 bits per heavy atom. The molecule has 0 radical (unpaired) electrons. The normalized spacial score (nSPS) is 14.3. The highest BCUT2D eigenvalue weighted by Gasteiger charge is 2.12. The summed E-state index contributed by atoms with van der Waals surface area (Å²) in [5, 5.41) is 4.54. The molecule has 0 aliphatic carbocycles. The number of unbranched alkanes of at least 4 members (excludes halogenated alkanes) is 1. The van der Waals surface area contributed by atoms with Crippen LogP contribution in [0.15, 0.2) is 24.3 Å². The van der Waals surface area contributed by atoms with Gasteiger partial charge in [0, 0.05) is 11.1 Å². The van der Waals surface area contributed by atoms with Crippen LogP contribution in [-0.4, -0.2) is 6.54 Å². The molecule has 1 rings (SSSR count). The smallest absolute Gasteiger partial charge is 0.0409 e. The van der Waals surface area contributed by atoms with Crippen molar-refractivity contribution in [3.63, 3.8) is 0 Å². The highest BCUT2D eigenvalue weighted by Crippen LogP contribution is 2.21. The third-order valence-electron chi connectivity index (χ3n) is 3.86. The SMILES string of the molecule is CCCCC(CC)CNC(CC)c1cccc(Cl)c1. The van der Waals surface area contributed by atoms with Gasteiger partial charge in [0.1, 0.15) is 0 Å². The van der Waals surface area contributed by atoms with Crippen LogP contribution in [0.5, 0.6) is 0 Å². The fourth-order valence-corrected chi connectivity index (χ4v) is 2.67. The van der Waals surface area contributed by atoms with Gasteiger partial charge in [-0.05, 0) is 43.0 Å². The Bertz CT molecular complexity index is 351. The van der Waals surface area contributed by atoms with E-state index in [2.05, 4.69) is 38.2 Å². The second kappa shape index (κ2) is 9.39. The molecule has 0 spiro atoms. The van der Waals surface area contributed by atoms with Gasteiger partial charge >= 0.3 is 0 Å². The zero-order valence-corrected chi connectivity index (χ0v) is 13.3. The van der Waals surface area contributed by atoms with Crippen molar-refractivity contribution in [2.24, 2.45) is 5.92 Å². The standard InChI is InChI=1S/C17H28ClN/c1-4-7-9-14(5-2)13-19-17(6-3)15-10-8-11-16(18)12-15/h8,10-12,14,17,19H,4-7,9,13H2,1-3H3. The minimum Gasteiger partial charge on any atom is -0.310 e. The van der Waals surface area contributed by atoms with E-state index in [9.17, 15) is 0 Å². The molecule has 1 nitrogen and oxygen atoms in total. The fraction of sp³-hybridized carbons (Fsp3) is 0.647. The minimum atomic E-state index is 0.425. The molecule has 19 heavy (non-hydrogen) atoms. The quantitative estimate of drug-likeness (QED) is 0.621. The summed E-state index contributed by atoms with van der Waals surface area (Å²) >= 11 is 6.08. The van der Waals surface area contributed by atoms with E-state index in [1.54, 1.807) is 0 Å². The fourth-order valence-electron chi connectivity index (χ4n) is 2.47. The second-order valence-electron chi connectivity index (χ2n) is 5.34. The van der Waals surface area contributed by atoms with E-state index in [0.717, 1.165) is 23.9 Å². The number of halogens is 1. The lowest BCUT2D eigenvalue weighted by Crippen LogP contribution is -2.27. The Kier molecular flexibility index (Phi) is 8.16. The molecule has 108 valence electrons. The maximum Gasteiger partial charge on any atom is 0.0409 e. The Balaban J connectivity index is 2.52. The molecule has 2 atom stereocenters. The Hall–Kier alpha value is -0.530. The van der Waals surface area contributed by atoms with Crippen LogP contribution < -0.4 is 5.32 Å². The molecule has 0 aromatic heterocycles. The molecule has 1 aromatic carbocycles. The van der Waals surface area contributed by atoms with Gasteiger partial charge in [0.25, 0.3) is 0 Å². The van der Waals surface area contributed by atoms with Crippen molar-refractivity contribution in [1.29, 1.82) is 0 Å². The molecule has 1 N–H and O–H groups in total. The summed E-state index contributed by atoms with van der Waals surface area (Å²) < 4.78 is 0. The van der Waals surface area contributed by atoms with Crippen molar-refractivity contribution >= 4 is 11.6 Å². The van der Waals surface area contributed by atoms with Crippen molar-refractivity contribution < 1.29 is 0 Å². The van der Waals surface area contributed by atoms with Crippen molar-refractivity contribution in [3.8, 4) is 0 Å². The minimum absolute atomic E-state index is 0.425. The highest BCUT2D eigenvalue weighted by molar-refractivity contribution is 6.30. The number of hydrogen-bond acceptors (Lipinski definition) is 1. The van der Waals surface area contributed by atoms with Crippen molar-refractivity contribution in [1.82, 2.24) is 5.32 Å². The lowest BCUT2D eigenvalue weighted by molar-refractivity contribution is 0.386. The topological polar surface area (TPSA) is 12.0 Å². The zero-order chi connectivity index (χ0) is 14.1. The maximum atomic E-state index is 6.08. The van der Waals surface area contributed by atoms with Gasteiger partial charge in [-0.2, -0.15) is 0 Å². The lowest BCUT2D eigenvalue weighted by Gasteiger charge is -2.22. The molecule has 0 fully saturated rings. The summed E-state index contributed by atoms with van der Waals surface area (Å²) in [7, 11) is 0. The van der Waals surface area contributed by atoms with Crippen LogP contribution in [0.2, 0.25) is 5.02 Å². The molecule has 0 heterocycles. The first-order chi connectivity index (χ1) is 9.21. The van der Waals surface area contributed by atoms with Gasteiger partial charge in [0.05, 0.1) is 0 Å². The number of nitrogens with one attached hydrogen (secondary N) is 1. The van der Waals surface area contributed by atoms with E-state index >= 15 is 0 Å². The van der Waals surface area contributed by atoms with E-state index < -0.39 is 0 Å². The van der Waals surface area contributed by atoms with Gasteiger partial charge in [0.2, 0.25) is 0 Å². The number of rotatable bonds is 9. The van der Waals surface area contributed by atoms with Gasteiger partial charge in [-0.3, -0.25) is 0 Å². The Morgan fingerprint density at radius 1 is 1.16 bits per heavy atom. The van der Waals surface area contributed by atoms with Crippen LogP contribution in [0.25, 0.3) is 0 Å². The molecule has 2 heteroatoms. The molecular formula is C17H28ClN. The van der Waals surface area contributed by atoms with Gasteiger partial charge in [0.15, 0.2) is 0 Å². The van der Waals surface area contributed by atoms with Crippen LogP contribution in [0.3, 0.4) is 0 Å². The van der Waals surface area contributed by atoms with Crippen LogP contribution >= 0.6 is 11.6 Å². The average Bonchev–Trinajstić information content (AvgIpc) is 2.43. The molecule has 1 aromatic rings. The predicted octanol–water partition coefficient (Wildman–Crippen LogP) is 5.60. The van der Waals surface area contributed by atoms with E-state index in [1.165, 1.54) is 31.2 Å². The van der Waals surface area contributed by atoms with Gasteiger partial charge < -0.3 is 5.32 Å². The summed E-state index contributed by atoms with van der Waals surface area (Å²) in [5.74, 6) is 0.799. The molecule has 0 amide bonds. The highest BCUT2D eigenvalue weighted by atomic mass is 35.5. The van der Waals surface area contributed by atoms with Crippen molar-refractivity contribution in [2.75, 3.05) is 6.54 Å². The van der Waals surface area contributed by atoms with Crippen molar-refractivity contribution in [2.45, 2.75) is 58.9 Å². The van der Waals surface area contributed by atoms with Crippen LogP contribution in [0, 0.1) is 5.92 Å². The third kappa shape index (κ3) is 5.97. The summed E-state index contributed by atoms with van der Waals surface area (Å²) in [6.07, 6.45) is 6.34. The van der Waals surface area contributed by atoms with E-state index in [4.69, 9.17) is 11.6 Å². The Labute approximate surface area is 123 Å². The molecular weight excluding hydrogens is 254 g/mol. The molecule has 0 bridgehead atoms. The van der Waals surface area contributed by atoms with Gasteiger partial charge in [-0.15, -0.1) is 0 Å². The molecule has 0 saturated heterocycles. The zero-order valence-electron chi connectivity index (χ0n) is 12.6. The first kappa shape index (κ1) is 16.5. The maximum absolute atomic E-state index is 6.08. The predicted molar refractivity (Wildman–Crippen MR) is 85.8 cm³/mol. The number of benzene rings is 1. The van der Waals surface area contributed by atoms with Gasteiger partial charge in [-0.25, -0.2) is 0 Å². The average molecular weight is 282 g/mol. The summed E-state index contributed by atoms with van der Waals surface area (Å²) in [5.41, 5.74) is 1.31. The van der Waals surface area contributed by atoms with E-state index in [1.807, 2.05) is 12.1 Å². The molecule has 0 aliphatic rings.